The van der Waals surface area contributed by atoms with Crippen LogP contribution in [-0.2, 0) is 33.3 Å². The van der Waals surface area contributed by atoms with E-state index in [1.54, 1.807) is 13.0 Å². The largest absolute Gasteiger partial charge is 0.458 e. The molecule has 4 rings (SSSR count). The van der Waals surface area contributed by atoms with Crippen molar-refractivity contribution in [3.05, 3.63) is 34.6 Å². The summed E-state index contributed by atoms with van der Waals surface area (Å²) < 4.78 is 21.8. The van der Waals surface area contributed by atoms with E-state index in [9.17, 15) is 14.4 Å². The molecule has 0 N–H and O–H groups in total. The van der Waals surface area contributed by atoms with E-state index in [1.165, 1.54) is 13.2 Å². The van der Waals surface area contributed by atoms with E-state index in [2.05, 4.69) is 13.8 Å². The second-order valence-electron chi connectivity index (χ2n) is 8.43. The van der Waals surface area contributed by atoms with Crippen molar-refractivity contribution >= 4 is 17.9 Å². The minimum absolute atomic E-state index is 0.136. The molecule has 2 heterocycles. The Balaban J connectivity index is 1.58. The molecular formula is C21H24O7. The Bertz CT molecular complexity index is 845. The van der Waals surface area contributed by atoms with E-state index in [0.717, 1.165) is 24.0 Å². The first-order valence-electron chi connectivity index (χ1n) is 9.54. The highest BCUT2D eigenvalue weighted by atomic mass is 16.7. The molecule has 4 aliphatic rings. The molecule has 1 fully saturated rings. The molecule has 0 bridgehead atoms. The van der Waals surface area contributed by atoms with Crippen LogP contribution in [0.25, 0.3) is 0 Å². The summed E-state index contributed by atoms with van der Waals surface area (Å²) in [5.74, 6) is -1.35. The smallest absolute Gasteiger partial charge is 0.338 e. The molecule has 4 atom stereocenters. The van der Waals surface area contributed by atoms with Crippen LogP contribution in [0.4, 0.5) is 0 Å². The van der Waals surface area contributed by atoms with Gasteiger partial charge in [0.25, 0.3) is 6.29 Å². The average molecular weight is 388 g/mol. The van der Waals surface area contributed by atoms with Gasteiger partial charge in [-0.2, -0.15) is 0 Å². The van der Waals surface area contributed by atoms with E-state index in [0.29, 0.717) is 17.6 Å². The molecule has 0 aromatic heterocycles. The monoisotopic (exact) mass is 388 g/mol. The molecule has 0 unspecified atom stereocenters. The minimum Gasteiger partial charge on any atom is -0.458 e. The lowest BCUT2D eigenvalue weighted by molar-refractivity contribution is -0.152. The van der Waals surface area contributed by atoms with Crippen molar-refractivity contribution in [2.75, 3.05) is 0 Å². The first kappa shape index (κ1) is 18.8. The Kier molecular flexibility index (Phi) is 4.36. The summed E-state index contributed by atoms with van der Waals surface area (Å²) in [7, 11) is 0. The third-order valence-corrected chi connectivity index (χ3v) is 6.02. The Morgan fingerprint density at radius 2 is 2.00 bits per heavy atom. The van der Waals surface area contributed by atoms with Crippen molar-refractivity contribution < 1.29 is 33.3 Å². The molecule has 0 amide bonds. The number of hydrogen-bond acceptors (Lipinski definition) is 7. The van der Waals surface area contributed by atoms with Crippen LogP contribution < -0.4 is 0 Å². The van der Waals surface area contributed by atoms with Gasteiger partial charge in [-0.05, 0) is 42.7 Å². The van der Waals surface area contributed by atoms with Gasteiger partial charge in [0.1, 0.15) is 12.2 Å². The van der Waals surface area contributed by atoms with Gasteiger partial charge in [-0.1, -0.05) is 13.8 Å². The van der Waals surface area contributed by atoms with Gasteiger partial charge in [0, 0.05) is 24.5 Å². The minimum atomic E-state index is -0.832. The van der Waals surface area contributed by atoms with Crippen molar-refractivity contribution in [1.82, 2.24) is 0 Å². The zero-order valence-corrected chi connectivity index (χ0v) is 16.4. The summed E-state index contributed by atoms with van der Waals surface area (Å²) in [5.41, 5.74) is 2.88. The normalized spacial score (nSPS) is 34.6. The highest BCUT2D eigenvalue weighted by Crippen LogP contribution is 2.55. The van der Waals surface area contributed by atoms with Gasteiger partial charge < -0.3 is 18.9 Å². The zero-order chi connectivity index (χ0) is 20.2. The highest BCUT2D eigenvalue weighted by Gasteiger charge is 2.54. The predicted molar refractivity (Wildman–Crippen MR) is 96.4 cm³/mol. The number of hydrogen-bond donors (Lipinski definition) is 0. The van der Waals surface area contributed by atoms with E-state index in [1.807, 2.05) is 0 Å². The van der Waals surface area contributed by atoms with Crippen LogP contribution in [0.15, 0.2) is 34.6 Å². The molecule has 1 saturated heterocycles. The van der Waals surface area contributed by atoms with Crippen LogP contribution in [0, 0.1) is 11.3 Å². The van der Waals surface area contributed by atoms with E-state index in [-0.39, 0.29) is 29.5 Å². The van der Waals surface area contributed by atoms with Gasteiger partial charge in [0.15, 0.2) is 0 Å². The second kappa shape index (κ2) is 6.50. The quantitative estimate of drug-likeness (QED) is 0.241. The number of fused-ring (bicyclic) bond motifs is 2. The number of esters is 3. The third-order valence-electron chi connectivity index (χ3n) is 6.02. The van der Waals surface area contributed by atoms with Crippen LogP contribution in [0.5, 0.6) is 0 Å². The van der Waals surface area contributed by atoms with Crippen molar-refractivity contribution in [3.8, 4) is 0 Å². The van der Waals surface area contributed by atoms with Crippen LogP contribution in [0.3, 0.4) is 0 Å². The van der Waals surface area contributed by atoms with Crippen molar-refractivity contribution in [2.24, 2.45) is 11.3 Å². The molecule has 2 aliphatic carbocycles. The number of ether oxygens (including phenoxy) is 4. The molecular weight excluding hydrogens is 364 g/mol. The molecule has 150 valence electrons. The van der Waals surface area contributed by atoms with Crippen molar-refractivity contribution in [2.45, 2.75) is 65.5 Å². The van der Waals surface area contributed by atoms with Gasteiger partial charge in [-0.25, -0.2) is 9.59 Å². The summed E-state index contributed by atoms with van der Waals surface area (Å²) >= 11 is 0. The molecule has 28 heavy (non-hydrogen) atoms. The molecule has 0 aromatic carbocycles. The summed E-state index contributed by atoms with van der Waals surface area (Å²) in [6.07, 6.45) is 3.64. The fourth-order valence-electron chi connectivity index (χ4n) is 4.69. The lowest BCUT2D eigenvalue weighted by atomic mass is 9.71. The summed E-state index contributed by atoms with van der Waals surface area (Å²) in [6.45, 7) is 7.32. The predicted octanol–water partition coefficient (Wildman–Crippen LogP) is 2.71. The standard InChI is InChI=1S/C21H24O7/c1-10-7-16(27-19(10)23)25-9-14-12-8-13-15(26-11(2)22)5-6-21(3,4)17(13)18(12)28-20(14)24/h7,9,12,15-16,18H,5-6,8H2,1-4H3/b14-9+/t12-,15+,16-,18+/m1/s1. The average Bonchev–Trinajstić information content (AvgIpc) is 3.21. The maximum Gasteiger partial charge on any atom is 0.338 e. The fraction of sp³-hybridized carbons (Fsp3) is 0.571. The Labute approximate surface area is 163 Å². The van der Waals surface area contributed by atoms with Gasteiger partial charge in [0.05, 0.1) is 11.8 Å². The van der Waals surface area contributed by atoms with Crippen molar-refractivity contribution in [1.29, 1.82) is 0 Å². The zero-order valence-electron chi connectivity index (χ0n) is 16.4. The highest BCUT2D eigenvalue weighted by molar-refractivity contribution is 5.92. The second-order valence-corrected chi connectivity index (χ2v) is 8.43. The van der Waals surface area contributed by atoms with Gasteiger partial charge in [0.2, 0.25) is 0 Å². The maximum absolute atomic E-state index is 12.5. The lowest BCUT2D eigenvalue weighted by Crippen LogP contribution is -2.33. The van der Waals surface area contributed by atoms with Crippen LogP contribution in [-0.4, -0.2) is 36.4 Å². The molecule has 0 spiro atoms. The Morgan fingerprint density at radius 3 is 2.64 bits per heavy atom. The fourth-order valence-corrected chi connectivity index (χ4v) is 4.69. The third kappa shape index (κ3) is 3.02. The summed E-state index contributed by atoms with van der Waals surface area (Å²) in [6, 6.07) is 0. The molecule has 7 heteroatoms. The SMILES string of the molecule is CC(=O)O[C@H]1CCC(C)(C)C2=C1C[C@@H]1/C(=C\O[C@H]3C=C(C)C(=O)O3)C(=O)O[C@H]21. The number of carbonyl (C=O) groups is 3. The summed E-state index contributed by atoms with van der Waals surface area (Å²) in [5, 5.41) is 0. The number of carbonyl (C=O) groups excluding carboxylic acids is 3. The first-order chi connectivity index (χ1) is 13.2. The Morgan fingerprint density at radius 1 is 1.25 bits per heavy atom. The van der Waals surface area contributed by atoms with E-state index >= 15 is 0 Å². The number of rotatable bonds is 3. The molecule has 0 saturated carbocycles. The van der Waals surface area contributed by atoms with Gasteiger partial charge in [-0.3, -0.25) is 4.79 Å². The molecule has 0 radical (unpaired) electrons. The first-order valence-corrected chi connectivity index (χ1v) is 9.54. The number of cyclic esters (lactones) is 1. The van der Waals surface area contributed by atoms with Crippen LogP contribution in [0.2, 0.25) is 0 Å². The van der Waals surface area contributed by atoms with Gasteiger partial charge in [-0.15, -0.1) is 0 Å². The maximum atomic E-state index is 12.5. The van der Waals surface area contributed by atoms with Gasteiger partial charge >= 0.3 is 17.9 Å². The topological polar surface area (TPSA) is 88.1 Å². The molecule has 7 nitrogen and oxygen atoms in total. The molecule has 2 aliphatic heterocycles. The lowest BCUT2D eigenvalue weighted by Gasteiger charge is -2.37. The van der Waals surface area contributed by atoms with Crippen LogP contribution >= 0.6 is 0 Å². The Hall–Kier alpha value is -2.57. The summed E-state index contributed by atoms with van der Waals surface area (Å²) in [4.78, 5) is 35.4. The van der Waals surface area contributed by atoms with E-state index in [4.69, 9.17) is 18.9 Å². The van der Waals surface area contributed by atoms with Crippen LogP contribution in [0.1, 0.15) is 47.0 Å². The van der Waals surface area contributed by atoms with E-state index < -0.39 is 18.2 Å². The van der Waals surface area contributed by atoms with Crippen molar-refractivity contribution in [3.63, 3.8) is 0 Å². The molecule has 0 aromatic rings.